The summed E-state index contributed by atoms with van der Waals surface area (Å²) in [6.07, 6.45) is 1.68. The summed E-state index contributed by atoms with van der Waals surface area (Å²) in [5.74, 6) is 1.38. The number of oxazole rings is 1. The Morgan fingerprint density at radius 3 is 2.72 bits per heavy atom. The molecule has 1 aromatic carbocycles. The molecule has 2 aromatic heterocycles. The van der Waals surface area contributed by atoms with Gasteiger partial charge in [0.05, 0.1) is 23.2 Å². The number of aliphatic imine (C=N–C) groups is 1. The van der Waals surface area contributed by atoms with Gasteiger partial charge in [-0.1, -0.05) is 36.4 Å². The van der Waals surface area contributed by atoms with Gasteiger partial charge in [-0.3, -0.25) is 4.99 Å². The molecule has 2 heterocycles. The topological polar surface area (TPSA) is 62.5 Å². The zero-order chi connectivity index (χ0) is 16.8. The van der Waals surface area contributed by atoms with Crippen LogP contribution in [0.2, 0.25) is 0 Å². The van der Waals surface area contributed by atoms with Gasteiger partial charge in [0.2, 0.25) is 5.89 Å². The minimum absolute atomic E-state index is 0. The smallest absolute Gasteiger partial charge is 0.236 e. The molecule has 3 rings (SSSR count). The molecule has 1 atom stereocenters. The van der Waals surface area contributed by atoms with Crippen LogP contribution in [0.4, 0.5) is 0 Å². The van der Waals surface area contributed by atoms with Crippen molar-refractivity contribution >= 4 is 41.3 Å². The van der Waals surface area contributed by atoms with Crippen molar-refractivity contribution in [2.75, 3.05) is 7.05 Å². The zero-order valence-electron chi connectivity index (χ0n) is 14.1. The molecule has 0 aliphatic heterocycles. The Labute approximate surface area is 168 Å². The van der Waals surface area contributed by atoms with E-state index < -0.39 is 0 Å². The maximum Gasteiger partial charge on any atom is 0.236 e. The number of guanidine groups is 1. The third-order valence-corrected chi connectivity index (χ3v) is 4.45. The molecule has 2 N–H and O–H groups in total. The molecule has 0 aliphatic carbocycles. The van der Waals surface area contributed by atoms with Crippen LogP contribution < -0.4 is 10.6 Å². The molecule has 3 aromatic rings. The lowest BCUT2D eigenvalue weighted by Crippen LogP contribution is -2.38. The lowest BCUT2D eigenvalue weighted by molar-refractivity contribution is 0.573. The van der Waals surface area contributed by atoms with Crippen LogP contribution in [0, 0.1) is 0 Å². The molecule has 0 aliphatic rings. The Morgan fingerprint density at radius 2 is 2.04 bits per heavy atom. The second-order valence-electron chi connectivity index (χ2n) is 5.32. The monoisotopic (exact) mass is 468 g/mol. The van der Waals surface area contributed by atoms with Gasteiger partial charge in [0, 0.05) is 7.05 Å². The van der Waals surface area contributed by atoms with Crippen LogP contribution in [0.1, 0.15) is 24.2 Å². The zero-order valence-corrected chi connectivity index (χ0v) is 17.2. The van der Waals surface area contributed by atoms with E-state index in [1.54, 1.807) is 24.6 Å². The number of aromatic nitrogens is 1. The normalized spacial score (nSPS) is 12.3. The Balaban J connectivity index is 0.00000225. The van der Waals surface area contributed by atoms with E-state index in [1.807, 2.05) is 35.7 Å². The molecule has 0 amide bonds. The number of nitrogens with zero attached hydrogens (tertiary/aromatic N) is 2. The van der Waals surface area contributed by atoms with Crippen LogP contribution in [0.25, 0.3) is 10.8 Å². The fourth-order valence-electron chi connectivity index (χ4n) is 2.30. The average Bonchev–Trinajstić information content (AvgIpc) is 3.30. The first-order chi connectivity index (χ1) is 11.8. The summed E-state index contributed by atoms with van der Waals surface area (Å²) >= 11 is 1.61. The third kappa shape index (κ3) is 5.30. The van der Waals surface area contributed by atoms with E-state index >= 15 is 0 Å². The van der Waals surface area contributed by atoms with Crippen molar-refractivity contribution in [3.8, 4) is 10.8 Å². The van der Waals surface area contributed by atoms with Crippen molar-refractivity contribution in [1.29, 1.82) is 0 Å². The Bertz CT molecular complexity index is 787. The van der Waals surface area contributed by atoms with Crippen molar-refractivity contribution in [3.05, 3.63) is 65.4 Å². The van der Waals surface area contributed by atoms with Crippen LogP contribution in [0.3, 0.4) is 0 Å². The van der Waals surface area contributed by atoms with Gasteiger partial charge in [-0.2, -0.15) is 0 Å². The molecule has 0 fully saturated rings. The van der Waals surface area contributed by atoms with Crippen LogP contribution in [0.15, 0.2) is 63.5 Å². The van der Waals surface area contributed by atoms with Gasteiger partial charge >= 0.3 is 0 Å². The van der Waals surface area contributed by atoms with Crippen molar-refractivity contribution in [2.45, 2.75) is 19.5 Å². The highest BCUT2D eigenvalue weighted by atomic mass is 127. The van der Waals surface area contributed by atoms with E-state index in [4.69, 9.17) is 4.42 Å². The number of nitrogens with one attached hydrogen (secondary N) is 2. The molecule has 132 valence electrons. The predicted molar refractivity (Wildman–Crippen MR) is 113 cm³/mol. The standard InChI is InChI=1S/C18H20N4OS.HI/c1-13(14-7-4-3-5-8-14)21-18(19-2)20-11-15-12-23-17(22-15)16-9-6-10-24-16;/h3-10,12-13H,11H2,1-2H3,(H2,19,20,21);1H. The van der Waals surface area contributed by atoms with Crippen LogP contribution in [0.5, 0.6) is 0 Å². The van der Waals surface area contributed by atoms with Gasteiger partial charge in [0.1, 0.15) is 6.26 Å². The first-order valence-corrected chi connectivity index (χ1v) is 8.64. The highest BCUT2D eigenvalue weighted by Crippen LogP contribution is 2.23. The molecule has 0 spiro atoms. The molecular weight excluding hydrogens is 447 g/mol. The van der Waals surface area contributed by atoms with E-state index in [9.17, 15) is 0 Å². The van der Waals surface area contributed by atoms with Gasteiger partial charge in [-0.05, 0) is 23.9 Å². The highest BCUT2D eigenvalue weighted by Gasteiger charge is 2.10. The number of halogens is 1. The van der Waals surface area contributed by atoms with Crippen LogP contribution >= 0.6 is 35.3 Å². The molecule has 7 heteroatoms. The highest BCUT2D eigenvalue weighted by molar-refractivity contribution is 14.0. The third-order valence-electron chi connectivity index (χ3n) is 3.60. The summed E-state index contributed by atoms with van der Waals surface area (Å²) in [4.78, 5) is 9.79. The summed E-state index contributed by atoms with van der Waals surface area (Å²) in [6, 6.07) is 14.4. The fourth-order valence-corrected chi connectivity index (χ4v) is 2.96. The lowest BCUT2D eigenvalue weighted by atomic mass is 10.1. The molecule has 0 radical (unpaired) electrons. The average molecular weight is 468 g/mol. The van der Waals surface area contributed by atoms with Crippen molar-refractivity contribution in [1.82, 2.24) is 15.6 Å². The van der Waals surface area contributed by atoms with Crippen LogP contribution in [-0.4, -0.2) is 18.0 Å². The summed E-state index contributed by atoms with van der Waals surface area (Å²) in [6.45, 7) is 2.66. The summed E-state index contributed by atoms with van der Waals surface area (Å²) in [7, 11) is 1.76. The predicted octanol–water partition coefficient (Wildman–Crippen LogP) is 4.45. The summed E-state index contributed by atoms with van der Waals surface area (Å²) in [5.41, 5.74) is 2.05. The maximum absolute atomic E-state index is 5.52. The molecule has 0 saturated heterocycles. The number of rotatable bonds is 5. The Hall–Kier alpha value is -1.87. The molecule has 0 bridgehead atoms. The maximum atomic E-state index is 5.52. The number of benzene rings is 1. The van der Waals surface area contributed by atoms with E-state index in [2.05, 4.69) is 39.7 Å². The number of thiophene rings is 1. The number of hydrogen-bond donors (Lipinski definition) is 2. The summed E-state index contributed by atoms with van der Waals surface area (Å²) in [5, 5.41) is 8.64. The van der Waals surface area contributed by atoms with Crippen molar-refractivity contribution < 1.29 is 4.42 Å². The minimum Gasteiger partial charge on any atom is -0.443 e. The van der Waals surface area contributed by atoms with Gasteiger partial charge in [0.15, 0.2) is 5.96 Å². The second-order valence-corrected chi connectivity index (χ2v) is 6.27. The van der Waals surface area contributed by atoms with E-state index in [0.29, 0.717) is 12.4 Å². The largest absolute Gasteiger partial charge is 0.443 e. The van der Waals surface area contributed by atoms with E-state index in [1.165, 1.54) is 5.56 Å². The van der Waals surface area contributed by atoms with E-state index in [-0.39, 0.29) is 30.0 Å². The van der Waals surface area contributed by atoms with Crippen molar-refractivity contribution in [3.63, 3.8) is 0 Å². The molecule has 5 nitrogen and oxygen atoms in total. The first kappa shape index (κ1) is 19.5. The van der Waals surface area contributed by atoms with Gasteiger partial charge < -0.3 is 15.1 Å². The first-order valence-electron chi connectivity index (χ1n) is 7.76. The van der Waals surface area contributed by atoms with Crippen LogP contribution in [-0.2, 0) is 6.54 Å². The number of hydrogen-bond acceptors (Lipinski definition) is 4. The fraction of sp³-hybridized carbons (Fsp3) is 0.222. The Kier molecular flexibility index (Phi) is 7.45. The van der Waals surface area contributed by atoms with Gasteiger partial charge in [0.25, 0.3) is 0 Å². The Morgan fingerprint density at radius 1 is 1.24 bits per heavy atom. The molecule has 0 saturated carbocycles. The SMILES string of the molecule is CN=C(NCc1coc(-c2cccs2)n1)NC(C)c1ccccc1.I. The minimum atomic E-state index is 0. The van der Waals surface area contributed by atoms with Gasteiger partial charge in [-0.15, -0.1) is 35.3 Å². The lowest BCUT2D eigenvalue weighted by Gasteiger charge is -2.17. The molecular formula is C18H21IN4OS. The summed E-state index contributed by atoms with van der Waals surface area (Å²) < 4.78 is 5.52. The molecule has 1 unspecified atom stereocenters. The van der Waals surface area contributed by atoms with Gasteiger partial charge in [-0.25, -0.2) is 4.98 Å². The molecule has 25 heavy (non-hydrogen) atoms. The van der Waals surface area contributed by atoms with E-state index in [0.717, 1.165) is 16.5 Å². The van der Waals surface area contributed by atoms with Crippen molar-refractivity contribution in [2.24, 2.45) is 4.99 Å². The second kappa shape index (κ2) is 9.57. The quantitative estimate of drug-likeness (QED) is 0.330.